The highest BCUT2D eigenvalue weighted by atomic mass is 35.5. The second kappa shape index (κ2) is 5.10. The Bertz CT molecular complexity index is 752. The van der Waals surface area contributed by atoms with Gasteiger partial charge in [0.15, 0.2) is 17.5 Å². The second-order valence-corrected chi connectivity index (χ2v) is 4.60. The Morgan fingerprint density at radius 2 is 1.86 bits per heavy atom. The molecule has 0 aliphatic heterocycles. The molecule has 0 atom stereocenters. The van der Waals surface area contributed by atoms with Crippen LogP contribution in [0, 0.1) is 11.6 Å². The maximum absolute atomic E-state index is 13.9. The number of hydrogen-bond acceptors (Lipinski definition) is 4. The SMILES string of the molecule is Nc1c(Cl)cccc1-c1nnnn1-c1cccc(F)c1F. The number of hydrogen-bond donors (Lipinski definition) is 1. The molecule has 0 aliphatic rings. The van der Waals surface area contributed by atoms with Gasteiger partial charge in [0, 0.05) is 5.56 Å². The molecule has 1 aromatic heterocycles. The van der Waals surface area contributed by atoms with E-state index in [1.54, 1.807) is 18.2 Å². The lowest BCUT2D eigenvalue weighted by molar-refractivity contribution is 0.501. The molecule has 0 spiro atoms. The number of rotatable bonds is 2. The summed E-state index contributed by atoms with van der Waals surface area (Å²) in [5.41, 5.74) is 6.45. The zero-order valence-electron chi connectivity index (χ0n) is 10.5. The minimum absolute atomic E-state index is 0.116. The minimum atomic E-state index is -1.05. The lowest BCUT2D eigenvalue weighted by Crippen LogP contribution is -2.05. The van der Waals surface area contributed by atoms with Crippen molar-refractivity contribution < 1.29 is 8.78 Å². The number of anilines is 1. The van der Waals surface area contributed by atoms with E-state index in [1.807, 2.05) is 0 Å². The summed E-state index contributed by atoms with van der Waals surface area (Å²) in [6, 6.07) is 8.64. The molecule has 0 saturated heterocycles. The standard InChI is InChI=1S/C13H8ClF2N5/c14-8-4-1-3-7(12(8)17)13-18-19-20-21(13)10-6-2-5-9(15)11(10)16/h1-6H,17H2. The van der Waals surface area contributed by atoms with E-state index in [-0.39, 0.29) is 17.2 Å². The number of para-hydroxylation sites is 1. The van der Waals surface area contributed by atoms with Crippen LogP contribution in [0.4, 0.5) is 14.5 Å². The molecule has 0 unspecified atom stereocenters. The van der Waals surface area contributed by atoms with E-state index < -0.39 is 11.6 Å². The molecule has 2 N–H and O–H groups in total. The Balaban J connectivity index is 2.22. The molecule has 1 heterocycles. The van der Waals surface area contributed by atoms with E-state index in [1.165, 1.54) is 12.1 Å². The Morgan fingerprint density at radius 3 is 2.67 bits per heavy atom. The van der Waals surface area contributed by atoms with Gasteiger partial charge < -0.3 is 5.73 Å². The minimum Gasteiger partial charge on any atom is -0.397 e. The molecule has 3 rings (SSSR count). The first-order valence-electron chi connectivity index (χ1n) is 5.86. The highest BCUT2D eigenvalue weighted by molar-refractivity contribution is 6.33. The van der Waals surface area contributed by atoms with Gasteiger partial charge >= 0.3 is 0 Å². The Kier molecular flexibility index (Phi) is 3.26. The average molecular weight is 308 g/mol. The molecule has 106 valence electrons. The van der Waals surface area contributed by atoms with Gasteiger partial charge in [-0.05, 0) is 34.7 Å². The summed E-state index contributed by atoms with van der Waals surface area (Å²) in [7, 11) is 0. The third-order valence-corrected chi connectivity index (χ3v) is 3.25. The zero-order valence-corrected chi connectivity index (χ0v) is 11.2. The monoisotopic (exact) mass is 307 g/mol. The van der Waals surface area contributed by atoms with Crippen LogP contribution in [0.5, 0.6) is 0 Å². The molecule has 8 heteroatoms. The van der Waals surface area contributed by atoms with Crippen molar-refractivity contribution in [2.45, 2.75) is 0 Å². The average Bonchev–Trinajstić information content (AvgIpc) is 2.94. The van der Waals surface area contributed by atoms with E-state index in [4.69, 9.17) is 17.3 Å². The van der Waals surface area contributed by atoms with Crippen LogP contribution in [0.3, 0.4) is 0 Å². The van der Waals surface area contributed by atoms with Crippen molar-refractivity contribution >= 4 is 17.3 Å². The first kappa shape index (κ1) is 13.4. The largest absolute Gasteiger partial charge is 0.397 e. The predicted octanol–water partition coefficient (Wildman–Crippen LogP) is 2.84. The van der Waals surface area contributed by atoms with Crippen LogP contribution >= 0.6 is 11.6 Å². The molecule has 3 aromatic rings. The molecular weight excluding hydrogens is 300 g/mol. The van der Waals surface area contributed by atoms with Crippen LogP contribution in [-0.2, 0) is 0 Å². The highest BCUT2D eigenvalue weighted by Gasteiger charge is 2.18. The first-order valence-corrected chi connectivity index (χ1v) is 6.24. The van der Waals surface area contributed by atoms with Crippen molar-refractivity contribution in [3.63, 3.8) is 0 Å². The van der Waals surface area contributed by atoms with Crippen LogP contribution in [0.1, 0.15) is 0 Å². The van der Waals surface area contributed by atoms with Gasteiger partial charge in [0.1, 0.15) is 5.69 Å². The fraction of sp³-hybridized carbons (Fsp3) is 0. The summed E-state index contributed by atoms with van der Waals surface area (Å²) in [6.07, 6.45) is 0. The molecule has 0 aliphatic carbocycles. The maximum atomic E-state index is 13.9. The number of halogens is 3. The van der Waals surface area contributed by atoms with Crippen molar-refractivity contribution in [2.24, 2.45) is 0 Å². The molecule has 0 radical (unpaired) electrons. The first-order chi connectivity index (χ1) is 10.1. The predicted molar refractivity (Wildman–Crippen MR) is 73.9 cm³/mol. The van der Waals surface area contributed by atoms with E-state index in [0.29, 0.717) is 10.6 Å². The van der Waals surface area contributed by atoms with Gasteiger partial charge in [0.25, 0.3) is 0 Å². The Morgan fingerprint density at radius 1 is 1.10 bits per heavy atom. The normalized spacial score (nSPS) is 10.8. The van der Waals surface area contributed by atoms with Gasteiger partial charge in [0.2, 0.25) is 0 Å². The molecule has 0 fully saturated rings. The van der Waals surface area contributed by atoms with Gasteiger partial charge in [-0.2, -0.15) is 4.68 Å². The molecule has 0 bridgehead atoms. The topological polar surface area (TPSA) is 69.6 Å². The fourth-order valence-corrected chi connectivity index (χ4v) is 2.08. The summed E-state index contributed by atoms with van der Waals surface area (Å²) in [5, 5.41) is 11.3. The number of aromatic nitrogens is 4. The molecular formula is C13H8ClF2N5. The summed E-state index contributed by atoms with van der Waals surface area (Å²) in [4.78, 5) is 0. The van der Waals surface area contributed by atoms with Crippen LogP contribution < -0.4 is 5.73 Å². The van der Waals surface area contributed by atoms with Gasteiger partial charge in [-0.15, -0.1) is 5.10 Å². The molecule has 0 saturated carbocycles. The number of nitrogen functional groups attached to an aromatic ring is 1. The number of nitrogens with zero attached hydrogens (tertiary/aromatic N) is 4. The maximum Gasteiger partial charge on any atom is 0.189 e. The quantitative estimate of drug-likeness (QED) is 0.739. The van der Waals surface area contributed by atoms with Crippen molar-refractivity contribution in [3.8, 4) is 17.1 Å². The van der Waals surface area contributed by atoms with E-state index >= 15 is 0 Å². The number of tetrazole rings is 1. The third kappa shape index (κ3) is 2.21. The van der Waals surface area contributed by atoms with E-state index in [9.17, 15) is 8.78 Å². The molecule has 21 heavy (non-hydrogen) atoms. The third-order valence-electron chi connectivity index (χ3n) is 2.92. The Labute approximate surface area is 123 Å². The fourth-order valence-electron chi connectivity index (χ4n) is 1.91. The van der Waals surface area contributed by atoms with E-state index in [2.05, 4.69) is 15.5 Å². The second-order valence-electron chi connectivity index (χ2n) is 4.19. The van der Waals surface area contributed by atoms with Gasteiger partial charge in [-0.25, -0.2) is 8.78 Å². The van der Waals surface area contributed by atoms with E-state index in [0.717, 1.165) is 10.7 Å². The summed E-state index contributed by atoms with van der Waals surface area (Å²) in [6.45, 7) is 0. The number of benzene rings is 2. The molecule has 2 aromatic carbocycles. The molecule has 5 nitrogen and oxygen atoms in total. The summed E-state index contributed by atoms with van der Waals surface area (Å²) >= 11 is 5.95. The van der Waals surface area contributed by atoms with Crippen molar-refractivity contribution in [3.05, 3.63) is 53.1 Å². The summed E-state index contributed by atoms with van der Waals surface area (Å²) < 4.78 is 28.3. The van der Waals surface area contributed by atoms with Gasteiger partial charge in [-0.1, -0.05) is 23.7 Å². The van der Waals surface area contributed by atoms with Gasteiger partial charge in [-0.3, -0.25) is 0 Å². The van der Waals surface area contributed by atoms with Crippen molar-refractivity contribution in [2.75, 3.05) is 5.73 Å². The zero-order chi connectivity index (χ0) is 15.0. The van der Waals surface area contributed by atoms with Crippen LogP contribution in [0.2, 0.25) is 5.02 Å². The lowest BCUT2D eigenvalue weighted by Gasteiger charge is -2.08. The van der Waals surface area contributed by atoms with Crippen molar-refractivity contribution in [1.29, 1.82) is 0 Å². The summed E-state index contributed by atoms with van der Waals surface area (Å²) in [5.74, 6) is -1.88. The smallest absolute Gasteiger partial charge is 0.189 e. The molecule has 0 amide bonds. The van der Waals surface area contributed by atoms with Crippen LogP contribution in [0.15, 0.2) is 36.4 Å². The highest BCUT2D eigenvalue weighted by Crippen LogP contribution is 2.31. The Hall–Kier alpha value is -2.54. The van der Waals surface area contributed by atoms with Gasteiger partial charge in [0.05, 0.1) is 10.7 Å². The van der Waals surface area contributed by atoms with Crippen LogP contribution in [-0.4, -0.2) is 20.2 Å². The van der Waals surface area contributed by atoms with Crippen molar-refractivity contribution in [1.82, 2.24) is 20.2 Å². The van der Waals surface area contributed by atoms with Crippen LogP contribution in [0.25, 0.3) is 17.1 Å². The number of nitrogens with two attached hydrogens (primary N) is 1. The lowest BCUT2D eigenvalue weighted by atomic mass is 10.1.